The van der Waals surface area contributed by atoms with Gasteiger partial charge in [-0.05, 0) is 61.2 Å². The second-order valence-electron chi connectivity index (χ2n) is 11.6. The van der Waals surface area contributed by atoms with E-state index in [9.17, 15) is 14.4 Å². The lowest BCUT2D eigenvalue weighted by molar-refractivity contribution is -0.134. The van der Waals surface area contributed by atoms with Crippen molar-refractivity contribution in [2.24, 2.45) is 7.05 Å². The molecular formula is C31H32ClN9O3. The Labute approximate surface area is 258 Å². The quantitative estimate of drug-likeness (QED) is 0.277. The Morgan fingerprint density at radius 2 is 1.80 bits per heavy atom. The fraction of sp³-hybridized carbons (Fsp3) is 0.355. The molecule has 0 bridgehead atoms. The van der Waals surface area contributed by atoms with Crippen LogP contribution in [0.1, 0.15) is 42.9 Å². The van der Waals surface area contributed by atoms with Gasteiger partial charge in [-0.3, -0.25) is 24.4 Å². The predicted octanol–water partition coefficient (Wildman–Crippen LogP) is 3.88. The maximum absolute atomic E-state index is 12.5. The summed E-state index contributed by atoms with van der Waals surface area (Å²) in [6, 6.07) is 12.2. The second kappa shape index (κ2) is 11.1. The number of halogens is 1. The molecule has 226 valence electrons. The summed E-state index contributed by atoms with van der Waals surface area (Å²) >= 11 is 6.46. The molecule has 0 spiro atoms. The smallest absolute Gasteiger partial charge is 0.235 e. The Morgan fingerprint density at radius 3 is 2.59 bits per heavy atom. The molecule has 3 amide bonds. The van der Waals surface area contributed by atoms with Crippen LogP contribution in [0.25, 0.3) is 10.9 Å². The van der Waals surface area contributed by atoms with E-state index in [1.807, 2.05) is 37.4 Å². The van der Waals surface area contributed by atoms with Gasteiger partial charge < -0.3 is 20.4 Å². The Balaban J connectivity index is 0.999. The second-order valence-corrected chi connectivity index (χ2v) is 12.0. The fourth-order valence-corrected chi connectivity index (χ4v) is 6.47. The highest BCUT2D eigenvalue weighted by Crippen LogP contribution is 2.34. The number of nitrogens with zero attached hydrogens (tertiary/aromatic N) is 6. The summed E-state index contributed by atoms with van der Waals surface area (Å²) in [6.07, 6.45) is 4.58. The first-order valence-electron chi connectivity index (χ1n) is 14.7. The van der Waals surface area contributed by atoms with Gasteiger partial charge in [0.15, 0.2) is 5.82 Å². The molecule has 0 saturated carbocycles. The van der Waals surface area contributed by atoms with E-state index in [4.69, 9.17) is 16.6 Å². The Kier molecular flexibility index (Phi) is 7.08. The number of carbonyl (C=O) groups excluding carboxylic acids is 3. The van der Waals surface area contributed by atoms with Crippen LogP contribution in [0.5, 0.6) is 0 Å². The molecule has 44 heavy (non-hydrogen) atoms. The number of benzene rings is 2. The monoisotopic (exact) mass is 613 g/mol. The van der Waals surface area contributed by atoms with Gasteiger partial charge in [0.2, 0.25) is 23.7 Å². The maximum atomic E-state index is 12.5. The number of carbonyl (C=O) groups is 3. The zero-order chi connectivity index (χ0) is 30.5. The molecule has 0 radical (unpaired) electrons. The van der Waals surface area contributed by atoms with Gasteiger partial charge in [-0.15, -0.1) is 0 Å². The van der Waals surface area contributed by atoms with Crippen molar-refractivity contribution in [3.8, 4) is 0 Å². The number of rotatable bonds is 6. The van der Waals surface area contributed by atoms with Crippen LogP contribution >= 0.6 is 11.6 Å². The fourth-order valence-electron chi connectivity index (χ4n) is 6.33. The van der Waals surface area contributed by atoms with E-state index in [1.165, 1.54) is 0 Å². The van der Waals surface area contributed by atoms with Crippen LogP contribution in [0.2, 0.25) is 5.02 Å². The summed E-state index contributed by atoms with van der Waals surface area (Å²) in [4.78, 5) is 49.2. The van der Waals surface area contributed by atoms with Gasteiger partial charge in [0.1, 0.15) is 5.02 Å². The number of anilines is 5. The molecule has 13 heteroatoms. The van der Waals surface area contributed by atoms with Crippen molar-refractivity contribution in [2.75, 3.05) is 40.6 Å². The number of nitrogens with one attached hydrogen (secondary N) is 3. The lowest BCUT2D eigenvalue weighted by atomic mass is 9.93. The average molecular weight is 614 g/mol. The summed E-state index contributed by atoms with van der Waals surface area (Å²) in [5.41, 5.74) is 5.34. The highest BCUT2D eigenvalue weighted by atomic mass is 35.5. The van der Waals surface area contributed by atoms with Crippen molar-refractivity contribution in [1.82, 2.24) is 25.1 Å². The number of aryl methyl sites for hydroxylation is 1. The van der Waals surface area contributed by atoms with Crippen LogP contribution < -0.4 is 25.8 Å². The summed E-state index contributed by atoms with van der Waals surface area (Å²) in [7, 11) is 3.66. The lowest BCUT2D eigenvalue weighted by Crippen LogP contribution is -2.40. The minimum Gasteiger partial charge on any atom is -0.382 e. The molecule has 4 aromatic rings. The standard InChI is InChI=1S/C31H32ClN9O3/c1-39-24-7-4-19(13-17(24)14-27(39)43)35-29-23(32)16-33-31(37-29)41-11-9-18(10-12-41)34-20-3-5-21-25(15-20)40(2)38-28(21)22-6-8-26(42)36-30(22)44/h3-5,7,13,15-16,18,22,34H,6,8-12,14H2,1-2H3,(H,33,35,37)(H,36,42,44). The van der Waals surface area contributed by atoms with Gasteiger partial charge >= 0.3 is 0 Å². The van der Waals surface area contributed by atoms with Crippen molar-refractivity contribution in [1.29, 1.82) is 0 Å². The van der Waals surface area contributed by atoms with E-state index in [0.717, 1.165) is 59.5 Å². The molecule has 1 atom stereocenters. The number of hydrogen-bond donors (Lipinski definition) is 3. The molecule has 2 fully saturated rings. The van der Waals surface area contributed by atoms with Crippen LogP contribution in [0.4, 0.5) is 28.8 Å². The van der Waals surface area contributed by atoms with E-state index in [-0.39, 0.29) is 23.8 Å². The molecule has 2 aromatic heterocycles. The van der Waals surface area contributed by atoms with Crippen LogP contribution in [-0.2, 0) is 27.9 Å². The largest absolute Gasteiger partial charge is 0.382 e. The Hall–Kier alpha value is -4.71. The van der Waals surface area contributed by atoms with Crippen LogP contribution in [0.3, 0.4) is 0 Å². The third-order valence-electron chi connectivity index (χ3n) is 8.75. The first-order chi connectivity index (χ1) is 21.2. The predicted molar refractivity (Wildman–Crippen MR) is 169 cm³/mol. The van der Waals surface area contributed by atoms with Gasteiger partial charge in [-0.25, -0.2) is 4.98 Å². The highest BCUT2D eigenvalue weighted by Gasteiger charge is 2.32. The number of piperidine rings is 2. The van der Waals surface area contributed by atoms with Gasteiger partial charge in [0.05, 0.1) is 29.7 Å². The number of imide groups is 1. The third-order valence-corrected chi connectivity index (χ3v) is 9.03. The summed E-state index contributed by atoms with van der Waals surface area (Å²) in [5.74, 6) is 0.281. The first kappa shape index (κ1) is 28.1. The average Bonchev–Trinajstić information content (AvgIpc) is 3.48. The third kappa shape index (κ3) is 5.19. The van der Waals surface area contributed by atoms with Gasteiger partial charge in [-0.2, -0.15) is 10.1 Å². The molecule has 2 aromatic carbocycles. The molecule has 0 aliphatic carbocycles. The van der Waals surface area contributed by atoms with Crippen LogP contribution in [0.15, 0.2) is 42.6 Å². The molecule has 3 N–H and O–H groups in total. The molecule has 12 nitrogen and oxygen atoms in total. The zero-order valence-corrected chi connectivity index (χ0v) is 25.2. The van der Waals surface area contributed by atoms with Crippen molar-refractivity contribution in [3.05, 3.63) is 58.9 Å². The van der Waals surface area contributed by atoms with E-state index >= 15 is 0 Å². The lowest BCUT2D eigenvalue weighted by Gasteiger charge is -2.33. The molecule has 1 unspecified atom stereocenters. The number of amides is 3. The topological polar surface area (TPSA) is 137 Å². The van der Waals surface area contributed by atoms with Gasteiger partial charge in [-0.1, -0.05) is 11.6 Å². The Bertz CT molecular complexity index is 1810. The van der Waals surface area contributed by atoms with Crippen molar-refractivity contribution in [3.63, 3.8) is 0 Å². The van der Waals surface area contributed by atoms with Crippen LogP contribution in [0, 0.1) is 0 Å². The van der Waals surface area contributed by atoms with Crippen molar-refractivity contribution < 1.29 is 14.4 Å². The Morgan fingerprint density at radius 1 is 1.00 bits per heavy atom. The highest BCUT2D eigenvalue weighted by molar-refractivity contribution is 6.32. The minimum absolute atomic E-state index is 0.0776. The van der Waals surface area contributed by atoms with E-state index in [1.54, 1.807) is 22.8 Å². The first-order valence-corrected chi connectivity index (χ1v) is 15.1. The van der Waals surface area contributed by atoms with Crippen molar-refractivity contribution >= 4 is 69.1 Å². The molecule has 3 aliphatic rings. The van der Waals surface area contributed by atoms with Gasteiger partial charge in [0, 0.05) is 62.1 Å². The molecule has 2 saturated heterocycles. The number of hydrogen-bond acceptors (Lipinski definition) is 9. The van der Waals surface area contributed by atoms with Crippen molar-refractivity contribution in [2.45, 2.75) is 44.1 Å². The molecule has 3 aliphatic heterocycles. The van der Waals surface area contributed by atoms with E-state index in [2.05, 4.69) is 37.0 Å². The van der Waals surface area contributed by atoms with Gasteiger partial charge in [0.25, 0.3) is 0 Å². The zero-order valence-electron chi connectivity index (χ0n) is 24.4. The molecule has 5 heterocycles. The number of aromatic nitrogens is 4. The minimum atomic E-state index is -0.425. The summed E-state index contributed by atoms with van der Waals surface area (Å²) in [5, 5.41) is 15.4. The summed E-state index contributed by atoms with van der Waals surface area (Å²) < 4.78 is 1.80. The summed E-state index contributed by atoms with van der Waals surface area (Å²) in [6.45, 7) is 1.55. The van der Waals surface area contributed by atoms with E-state index in [0.29, 0.717) is 41.7 Å². The van der Waals surface area contributed by atoms with E-state index < -0.39 is 5.92 Å². The van der Waals surface area contributed by atoms with Crippen LogP contribution in [-0.4, -0.2) is 63.6 Å². The number of likely N-dealkylation sites (N-methyl/N-ethyl adjacent to an activating group) is 1. The number of fused-ring (bicyclic) bond motifs is 2. The molecular weight excluding hydrogens is 582 g/mol. The molecule has 7 rings (SSSR count). The maximum Gasteiger partial charge on any atom is 0.235 e. The SMILES string of the molecule is CN1C(=O)Cc2cc(Nc3nc(N4CCC(Nc5ccc6c(C7CCC(=O)NC7=O)nn(C)c6c5)CC4)ncc3Cl)ccc21. The normalized spacial score (nSPS) is 19.0.